The van der Waals surface area contributed by atoms with Crippen molar-refractivity contribution in [3.63, 3.8) is 0 Å². The Balaban J connectivity index is 3.90. The van der Waals surface area contributed by atoms with E-state index in [1.165, 1.54) is 25.7 Å². The van der Waals surface area contributed by atoms with E-state index in [9.17, 15) is 25.2 Å². The topological polar surface area (TPSA) is 110 Å². The first-order valence-electron chi connectivity index (χ1n) is 11.3. The molecule has 0 bridgehead atoms. The molecule has 0 aliphatic rings. The summed E-state index contributed by atoms with van der Waals surface area (Å²) in [5, 5.41) is 41.9. The SMILES string of the molecule is CCCCCCCC(O)CCCCCCC(C(=O)O)C(O)CC(CO)CNC. The molecule has 0 amide bonds. The third-order valence-electron chi connectivity index (χ3n) is 5.55. The second kappa shape index (κ2) is 18.3. The van der Waals surface area contributed by atoms with Gasteiger partial charge in [0.05, 0.1) is 18.1 Å². The largest absolute Gasteiger partial charge is 0.481 e. The Hall–Kier alpha value is -0.690. The van der Waals surface area contributed by atoms with Gasteiger partial charge in [-0.05, 0) is 45.2 Å². The van der Waals surface area contributed by atoms with Crippen LogP contribution in [0.3, 0.4) is 0 Å². The Labute approximate surface area is 171 Å². The Bertz CT molecular complexity index is 367. The number of aliphatic hydroxyl groups is 3. The molecule has 4 atom stereocenters. The molecule has 0 rings (SSSR count). The number of aliphatic carboxylic acids is 1. The molecular formula is C22H45NO5. The van der Waals surface area contributed by atoms with Crippen LogP contribution in [0.1, 0.15) is 90.4 Å². The molecule has 0 heterocycles. The molecule has 0 saturated heterocycles. The zero-order valence-corrected chi connectivity index (χ0v) is 18.1. The van der Waals surface area contributed by atoms with E-state index in [2.05, 4.69) is 12.2 Å². The third-order valence-corrected chi connectivity index (χ3v) is 5.55. The summed E-state index contributed by atoms with van der Waals surface area (Å²) in [5.41, 5.74) is 0. The monoisotopic (exact) mass is 403 g/mol. The van der Waals surface area contributed by atoms with Crippen LogP contribution < -0.4 is 5.32 Å². The van der Waals surface area contributed by atoms with Crippen molar-refractivity contribution >= 4 is 5.97 Å². The van der Waals surface area contributed by atoms with E-state index in [1.54, 1.807) is 7.05 Å². The van der Waals surface area contributed by atoms with Crippen molar-refractivity contribution in [2.24, 2.45) is 11.8 Å². The summed E-state index contributed by atoms with van der Waals surface area (Å²) in [4.78, 5) is 11.5. The van der Waals surface area contributed by atoms with Crippen molar-refractivity contribution in [1.82, 2.24) is 5.32 Å². The van der Waals surface area contributed by atoms with Crippen molar-refractivity contribution in [2.75, 3.05) is 20.2 Å². The average Bonchev–Trinajstić information content (AvgIpc) is 2.66. The van der Waals surface area contributed by atoms with Crippen LogP contribution in [0.4, 0.5) is 0 Å². The molecular weight excluding hydrogens is 358 g/mol. The van der Waals surface area contributed by atoms with Gasteiger partial charge in [0, 0.05) is 6.61 Å². The molecule has 0 fully saturated rings. The summed E-state index contributed by atoms with van der Waals surface area (Å²) in [6, 6.07) is 0. The number of aliphatic hydroxyl groups excluding tert-OH is 3. The molecule has 0 aliphatic carbocycles. The van der Waals surface area contributed by atoms with Gasteiger partial charge in [0.25, 0.3) is 0 Å². The normalized spacial score (nSPS) is 15.9. The Morgan fingerprint density at radius 1 is 0.893 bits per heavy atom. The van der Waals surface area contributed by atoms with Gasteiger partial charge in [0.15, 0.2) is 0 Å². The quantitative estimate of drug-likeness (QED) is 0.199. The summed E-state index contributed by atoms with van der Waals surface area (Å²) in [5.74, 6) is -1.88. The summed E-state index contributed by atoms with van der Waals surface area (Å²) in [6.07, 6.45) is 11.0. The van der Waals surface area contributed by atoms with Crippen molar-refractivity contribution in [2.45, 2.75) is 103 Å². The minimum atomic E-state index is -0.966. The van der Waals surface area contributed by atoms with Crippen LogP contribution in [0.5, 0.6) is 0 Å². The first kappa shape index (κ1) is 27.3. The second-order valence-electron chi connectivity index (χ2n) is 8.20. The highest BCUT2D eigenvalue weighted by atomic mass is 16.4. The van der Waals surface area contributed by atoms with Crippen LogP contribution in [0, 0.1) is 11.8 Å². The van der Waals surface area contributed by atoms with Crippen molar-refractivity contribution in [3.05, 3.63) is 0 Å². The predicted octanol–water partition coefficient (Wildman–Crippen LogP) is 3.33. The smallest absolute Gasteiger partial charge is 0.309 e. The number of nitrogens with one attached hydrogen (secondary N) is 1. The third kappa shape index (κ3) is 14.3. The number of rotatable bonds is 20. The number of carboxylic acids is 1. The fourth-order valence-electron chi connectivity index (χ4n) is 3.72. The lowest BCUT2D eigenvalue weighted by molar-refractivity contribution is -0.146. The molecule has 4 unspecified atom stereocenters. The molecule has 0 aromatic rings. The highest BCUT2D eigenvalue weighted by Gasteiger charge is 2.28. The van der Waals surface area contributed by atoms with E-state index in [0.717, 1.165) is 44.9 Å². The molecule has 0 aromatic carbocycles. The van der Waals surface area contributed by atoms with Gasteiger partial charge in [-0.3, -0.25) is 4.79 Å². The highest BCUT2D eigenvalue weighted by Crippen LogP contribution is 2.21. The van der Waals surface area contributed by atoms with E-state index in [1.807, 2.05) is 0 Å². The second-order valence-corrected chi connectivity index (χ2v) is 8.20. The van der Waals surface area contributed by atoms with E-state index < -0.39 is 18.0 Å². The Morgan fingerprint density at radius 2 is 1.43 bits per heavy atom. The van der Waals surface area contributed by atoms with Crippen LogP contribution in [0.15, 0.2) is 0 Å². The maximum atomic E-state index is 11.5. The average molecular weight is 404 g/mol. The maximum Gasteiger partial charge on any atom is 0.309 e. The van der Waals surface area contributed by atoms with Crippen molar-refractivity contribution in [3.8, 4) is 0 Å². The molecule has 168 valence electrons. The fraction of sp³-hybridized carbons (Fsp3) is 0.955. The molecule has 28 heavy (non-hydrogen) atoms. The van der Waals surface area contributed by atoms with Crippen LogP contribution in [0.25, 0.3) is 0 Å². The lowest BCUT2D eigenvalue weighted by Crippen LogP contribution is -2.33. The van der Waals surface area contributed by atoms with Gasteiger partial charge in [-0.1, -0.05) is 64.7 Å². The van der Waals surface area contributed by atoms with Crippen LogP contribution >= 0.6 is 0 Å². The molecule has 6 heteroatoms. The summed E-state index contributed by atoms with van der Waals surface area (Å²) in [7, 11) is 1.77. The number of hydrogen-bond acceptors (Lipinski definition) is 5. The van der Waals surface area contributed by atoms with Gasteiger partial charge in [-0.25, -0.2) is 0 Å². The number of hydrogen-bond donors (Lipinski definition) is 5. The van der Waals surface area contributed by atoms with Crippen LogP contribution in [-0.4, -0.2) is 58.8 Å². The summed E-state index contributed by atoms with van der Waals surface area (Å²) >= 11 is 0. The molecule has 0 aromatic heterocycles. The number of carboxylic acid groups (broad SMARTS) is 1. The van der Waals surface area contributed by atoms with E-state index in [4.69, 9.17) is 0 Å². The lowest BCUT2D eigenvalue weighted by Gasteiger charge is -2.23. The molecule has 6 nitrogen and oxygen atoms in total. The fourth-order valence-corrected chi connectivity index (χ4v) is 3.72. The van der Waals surface area contributed by atoms with Crippen molar-refractivity contribution < 1.29 is 25.2 Å². The number of carbonyl (C=O) groups is 1. The van der Waals surface area contributed by atoms with Gasteiger partial charge in [0.1, 0.15) is 0 Å². The predicted molar refractivity (Wildman–Crippen MR) is 113 cm³/mol. The first-order chi connectivity index (χ1) is 13.5. The standard InChI is InChI=1S/C22H45NO5/c1-3-4-5-6-9-12-19(25)13-10-7-8-11-14-20(22(27)28)21(26)15-18(17-24)16-23-2/h18-21,23-26H,3-17H2,1-2H3,(H,27,28). The zero-order chi connectivity index (χ0) is 21.2. The minimum Gasteiger partial charge on any atom is -0.481 e. The maximum absolute atomic E-state index is 11.5. The van der Waals surface area contributed by atoms with E-state index >= 15 is 0 Å². The van der Waals surface area contributed by atoms with Crippen molar-refractivity contribution in [1.29, 1.82) is 0 Å². The van der Waals surface area contributed by atoms with E-state index in [-0.39, 0.29) is 18.6 Å². The molecule has 0 spiro atoms. The molecule has 0 radical (unpaired) electrons. The molecule has 0 saturated carbocycles. The van der Waals surface area contributed by atoms with Crippen LogP contribution in [0.2, 0.25) is 0 Å². The lowest BCUT2D eigenvalue weighted by atomic mass is 9.89. The van der Waals surface area contributed by atoms with Gasteiger partial charge in [0.2, 0.25) is 0 Å². The number of unbranched alkanes of at least 4 members (excludes halogenated alkanes) is 7. The van der Waals surface area contributed by atoms with Gasteiger partial charge in [-0.2, -0.15) is 0 Å². The first-order valence-corrected chi connectivity index (χ1v) is 11.3. The molecule has 0 aliphatic heterocycles. The van der Waals surface area contributed by atoms with Gasteiger partial charge >= 0.3 is 5.97 Å². The molecule has 5 N–H and O–H groups in total. The Kier molecular flexibility index (Phi) is 17.9. The summed E-state index contributed by atoms with van der Waals surface area (Å²) in [6.45, 7) is 2.69. The minimum absolute atomic E-state index is 0.0643. The summed E-state index contributed by atoms with van der Waals surface area (Å²) < 4.78 is 0. The van der Waals surface area contributed by atoms with Gasteiger partial charge in [-0.15, -0.1) is 0 Å². The van der Waals surface area contributed by atoms with Crippen LogP contribution in [-0.2, 0) is 4.79 Å². The van der Waals surface area contributed by atoms with E-state index in [0.29, 0.717) is 19.4 Å². The zero-order valence-electron chi connectivity index (χ0n) is 18.1. The Morgan fingerprint density at radius 3 is 1.89 bits per heavy atom. The van der Waals surface area contributed by atoms with Gasteiger partial charge < -0.3 is 25.7 Å². The highest BCUT2D eigenvalue weighted by molar-refractivity contribution is 5.70.